The van der Waals surface area contributed by atoms with Gasteiger partial charge in [0.05, 0.1) is 34.4 Å². The molecule has 2 atom stereocenters. The van der Waals surface area contributed by atoms with Crippen molar-refractivity contribution in [3.8, 4) is 0 Å². The lowest BCUT2D eigenvalue weighted by molar-refractivity contribution is -0.870. The maximum atomic E-state index is 12.7. The molecule has 59 heavy (non-hydrogen) atoms. The van der Waals surface area contributed by atoms with E-state index in [1.807, 2.05) is 21.1 Å². The Bertz CT molecular complexity index is 1210. The molecule has 340 valence electrons. The van der Waals surface area contributed by atoms with Gasteiger partial charge in [-0.2, -0.15) is 0 Å². The molecule has 0 aromatic carbocycles. The number of unbranched alkanes of at least 4 members (excludes halogenated alkanes) is 14. The minimum Gasteiger partial charge on any atom is -0.756 e. The Balaban J connectivity index is 4.21. The molecule has 0 aromatic heterocycles. The fourth-order valence-electron chi connectivity index (χ4n) is 5.82. The van der Waals surface area contributed by atoms with Gasteiger partial charge in [0.1, 0.15) is 19.3 Å². The number of nitrogens with zero attached hydrogens (tertiary/aromatic N) is 1. The van der Waals surface area contributed by atoms with Crippen LogP contribution in [0.5, 0.6) is 0 Å². The van der Waals surface area contributed by atoms with Crippen molar-refractivity contribution >= 4 is 13.8 Å². The summed E-state index contributed by atoms with van der Waals surface area (Å²) in [5.41, 5.74) is 0. The summed E-state index contributed by atoms with van der Waals surface area (Å²) in [6, 6.07) is 0. The number of carbonyl (C=O) groups excluding carboxylic acids is 1. The molecule has 0 heterocycles. The summed E-state index contributed by atoms with van der Waals surface area (Å²) in [5, 5.41) is 0. The van der Waals surface area contributed by atoms with Gasteiger partial charge in [-0.05, 0) is 83.5 Å². The maximum absolute atomic E-state index is 12.7. The van der Waals surface area contributed by atoms with Gasteiger partial charge in [-0.15, -0.1) is 0 Å². The molecule has 0 aliphatic carbocycles. The van der Waals surface area contributed by atoms with Gasteiger partial charge < -0.3 is 27.9 Å². The van der Waals surface area contributed by atoms with Crippen molar-refractivity contribution in [2.75, 3.05) is 54.1 Å². The van der Waals surface area contributed by atoms with Crippen LogP contribution in [-0.2, 0) is 27.9 Å². The van der Waals surface area contributed by atoms with E-state index in [1.54, 1.807) is 0 Å². The Kier molecular flexibility index (Phi) is 40.7. The van der Waals surface area contributed by atoms with Crippen molar-refractivity contribution in [1.29, 1.82) is 0 Å². The number of phosphoric acid groups is 1. The summed E-state index contributed by atoms with van der Waals surface area (Å²) in [6.45, 7) is 5.21. The van der Waals surface area contributed by atoms with Crippen LogP contribution < -0.4 is 4.89 Å². The lowest BCUT2D eigenvalue weighted by Gasteiger charge is -2.28. The first-order valence-corrected chi connectivity index (χ1v) is 24.8. The number of phosphoric ester groups is 1. The second-order valence-corrected chi connectivity index (χ2v) is 17.8. The Labute approximate surface area is 363 Å². The summed E-state index contributed by atoms with van der Waals surface area (Å²) in [7, 11) is 1.33. The van der Waals surface area contributed by atoms with Crippen molar-refractivity contribution < 1.29 is 37.3 Å². The third-order valence-corrected chi connectivity index (χ3v) is 10.4. The lowest BCUT2D eigenvalue weighted by Crippen LogP contribution is -2.37. The van der Waals surface area contributed by atoms with Crippen molar-refractivity contribution in [2.45, 2.75) is 174 Å². The van der Waals surface area contributed by atoms with E-state index in [1.165, 1.54) is 57.8 Å². The van der Waals surface area contributed by atoms with Gasteiger partial charge in [0.25, 0.3) is 7.82 Å². The summed E-state index contributed by atoms with van der Waals surface area (Å²) in [5.74, 6) is -0.355. The number of rotatable bonds is 42. The molecule has 0 radical (unpaired) electrons. The summed E-state index contributed by atoms with van der Waals surface area (Å²) < 4.78 is 34.6. The quantitative estimate of drug-likeness (QED) is 0.0199. The van der Waals surface area contributed by atoms with Gasteiger partial charge in [-0.3, -0.25) is 9.36 Å². The van der Waals surface area contributed by atoms with E-state index in [0.717, 1.165) is 89.9 Å². The van der Waals surface area contributed by atoms with Crippen LogP contribution >= 0.6 is 7.82 Å². The van der Waals surface area contributed by atoms with Crippen LogP contribution in [-0.4, -0.2) is 70.7 Å². The predicted octanol–water partition coefficient (Wildman–Crippen LogP) is 13.4. The van der Waals surface area contributed by atoms with Crippen molar-refractivity contribution in [1.82, 2.24) is 0 Å². The second-order valence-electron chi connectivity index (χ2n) is 16.4. The number of esters is 1. The molecule has 0 spiro atoms. The van der Waals surface area contributed by atoms with Crippen LogP contribution in [0.4, 0.5) is 0 Å². The Morgan fingerprint density at radius 3 is 1.49 bits per heavy atom. The number of carbonyl (C=O) groups is 1. The third kappa shape index (κ3) is 46.6. The Morgan fingerprint density at radius 2 is 0.983 bits per heavy atom. The van der Waals surface area contributed by atoms with Gasteiger partial charge in [-0.25, -0.2) is 0 Å². The molecule has 9 heteroatoms. The molecule has 0 saturated carbocycles. The monoisotopic (exact) mass is 846 g/mol. The summed E-state index contributed by atoms with van der Waals surface area (Å²) in [6.07, 6.45) is 56.0. The highest BCUT2D eigenvalue weighted by Gasteiger charge is 2.20. The zero-order valence-corrected chi connectivity index (χ0v) is 39.3. The first kappa shape index (κ1) is 56.7. The molecule has 0 aliphatic heterocycles. The topological polar surface area (TPSA) is 94.1 Å². The first-order valence-electron chi connectivity index (χ1n) is 23.3. The number of allylic oxidation sites excluding steroid dienone is 14. The maximum Gasteiger partial charge on any atom is 0.306 e. The molecule has 0 saturated heterocycles. The van der Waals surface area contributed by atoms with Crippen molar-refractivity contribution in [3.63, 3.8) is 0 Å². The molecule has 8 nitrogen and oxygen atoms in total. The number of likely N-dealkylation sites (N-methyl/N-ethyl adjacent to an activating group) is 1. The summed E-state index contributed by atoms with van der Waals surface area (Å²) in [4.78, 5) is 25.1. The highest BCUT2D eigenvalue weighted by molar-refractivity contribution is 7.45. The zero-order chi connectivity index (χ0) is 43.4. The minimum atomic E-state index is -4.54. The third-order valence-electron chi connectivity index (χ3n) is 9.43. The van der Waals surface area contributed by atoms with Crippen LogP contribution in [0.2, 0.25) is 0 Å². The molecule has 0 rings (SSSR count). The molecule has 0 aliphatic rings. The highest BCUT2D eigenvalue weighted by Crippen LogP contribution is 2.38. The smallest absolute Gasteiger partial charge is 0.306 e. The van der Waals surface area contributed by atoms with Crippen molar-refractivity contribution in [3.05, 3.63) is 85.1 Å². The number of hydrogen-bond acceptors (Lipinski definition) is 7. The van der Waals surface area contributed by atoms with Gasteiger partial charge >= 0.3 is 5.97 Å². The van der Waals surface area contributed by atoms with E-state index >= 15 is 0 Å². The predicted molar refractivity (Wildman–Crippen MR) is 249 cm³/mol. The molecule has 0 aromatic rings. The summed E-state index contributed by atoms with van der Waals surface area (Å²) >= 11 is 0. The van der Waals surface area contributed by atoms with Crippen LogP contribution in [0.3, 0.4) is 0 Å². The molecule has 0 fully saturated rings. The van der Waals surface area contributed by atoms with Gasteiger partial charge in [-0.1, -0.05) is 163 Å². The van der Waals surface area contributed by atoms with E-state index in [9.17, 15) is 14.3 Å². The molecule has 0 N–H and O–H groups in total. The minimum absolute atomic E-state index is 0.0173. The fourth-order valence-corrected chi connectivity index (χ4v) is 6.55. The Hall–Kier alpha value is -2.32. The standard InChI is InChI=1S/C50H88NO7P/c1-6-8-10-12-14-16-18-20-21-22-23-24-25-26-27-28-29-30-31-32-33-35-37-39-41-43-50(52)58-49(48-57-59(53,54)56-46-44-51(3,4)5)47-55-45-42-40-38-36-34-19-17-15-13-11-9-7-2/h8,10,13-16,20-21,23-24,26-27,29-30,49H,6-7,9,11-12,17-19,22,25,28,31-48H2,1-5H3/b10-8-,15-13-,16-14-,21-20-,24-23-,27-26-,30-29-. The Morgan fingerprint density at radius 1 is 0.542 bits per heavy atom. The average molecular weight is 846 g/mol. The highest BCUT2D eigenvalue weighted by atomic mass is 31.2. The van der Waals surface area contributed by atoms with E-state index < -0.39 is 13.9 Å². The second kappa shape index (κ2) is 42.4. The van der Waals surface area contributed by atoms with Crippen molar-refractivity contribution in [2.24, 2.45) is 0 Å². The number of hydrogen-bond donors (Lipinski definition) is 0. The van der Waals surface area contributed by atoms with Gasteiger partial charge in [0.15, 0.2) is 0 Å². The van der Waals surface area contributed by atoms with Gasteiger partial charge in [0, 0.05) is 13.0 Å². The fraction of sp³-hybridized carbons (Fsp3) is 0.700. The van der Waals surface area contributed by atoms with Crippen LogP contribution in [0.25, 0.3) is 0 Å². The van der Waals surface area contributed by atoms with Gasteiger partial charge in [0.2, 0.25) is 0 Å². The number of ether oxygens (including phenoxy) is 2. The van der Waals surface area contributed by atoms with E-state index in [4.69, 9.17) is 18.5 Å². The van der Waals surface area contributed by atoms with Crippen LogP contribution in [0.15, 0.2) is 85.1 Å². The van der Waals surface area contributed by atoms with E-state index in [0.29, 0.717) is 24.1 Å². The van der Waals surface area contributed by atoms with E-state index in [2.05, 4.69) is 98.9 Å². The van der Waals surface area contributed by atoms with Crippen LogP contribution in [0, 0.1) is 0 Å². The normalized spacial score (nSPS) is 14.5. The molecule has 0 amide bonds. The molecular weight excluding hydrogens is 758 g/mol. The molecular formula is C50H88NO7P. The molecule has 2 unspecified atom stereocenters. The SMILES string of the molecule is CC/C=C\C/C=C\C/C=C\C/C=C\C/C=C\C/C=C\CCCCCCCCC(=O)OC(COCCCCCCCC/C=C\CCCC)COP(=O)([O-])OCC[N+](C)(C)C. The lowest BCUT2D eigenvalue weighted by atomic mass is 10.1. The average Bonchev–Trinajstić information content (AvgIpc) is 3.19. The zero-order valence-electron chi connectivity index (χ0n) is 38.4. The first-order chi connectivity index (χ1) is 28.6. The number of quaternary nitrogens is 1. The molecule has 0 bridgehead atoms. The van der Waals surface area contributed by atoms with Crippen LogP contribution in [0.1, 0.15) is 168 Å². The van der Waals surface area contributed by atoms with E-state index in [-0.39, 0.29) is 25.8 Å². The largest absolute Gasteiger partial charge is 0.756 e.